The Balaban J connectivity index is 1.93. The van der Waals surface area contributed by atoms with E-state index < -0.39 is 0 Å². The van der Waals surface area contributed by atoms with Gasteiger partial charge in [-0.2, -0.15) is 0 Å². The fraction of sp³-hybridized carbons (Fsp3) is 0.714. The van der Waals surface area contributed by atoms with E-state index in [1.165, 1.54) is 0 Å². The number of carbonyl (C=O) groups excluding carboxylic acids is 2. The Hall–Kier alpha value is -1.78. The minimum absolute atomic E-state index is 0.0644. The molecular weight excluding hydrogens is 484 g/mol. The summed E-state index contributed by atoms with van der Waals surface area (Å²) in [5.74, 6) is 0.371. The summed E-state index contributed by atoms with van der Waals surface area (Å²) in [6.45, 7) is 17.2. The van der Waals surface area contributed by atoms with E-state index in [-0.39, 0.29) is 40.0 Å². The first-order valence-corrected chi connectivity index (χ1v) is 15.1. The average Bonchev–Trinajstić information content (AvgIpc) is 2.84. The molecule has 0 radical (unpaired) electrons. The number of methoxy groups -OCH3 is 1. The Bertz CT molecular complexity index is 918. The van der Waals surface area contributed by atoms with Gasteiger partial charge in [-0.25, -0.2) is 0 Å². The number of rotatable bonds is 16. The molecule has 0 heterocycles. The van der Waals surface area contributed by atoms with Gasteiger partial charge >= 0.3 is 0 Å². The van der Waals surface area contributed by atoms with Gasteiger partial charge in [0.1, 0.15) is 0 Å². The van der Waals surface area contributed by atoms with Gasteiger partial charge in [0.25, 0.3) is 0 Å². The molecule has 0 bridgehead atoms. The van der Waals surface area contributed by atoms with Gasteiger partial charge in [-0.3, -0.25) is 9.59 Å². The van der Waals surface area contributed by atoms with Crippen molar-refractivity contribution in [3.05, 3.63) is 46.6 Å². The first-order chi connectivity index (χ1) is 18.0. The highest BCUT2D eigenvalue weighted by Gasteiger charge is 2.29. The summed E-state index contributed by atoms with van der Waals surface area (Å²) >= 11 is 0. The number of aliphatic hydroxyl groups excluding tert-OH is 1. The lowest BCUT2D eigenvalue weighted by Gasteiger charge is -2.27. The van der Waals surface area contributed by atoms with Crippen LogP contribution in [0.25, 0.3) is 0 Å². The van der Waals surface area contributed by atoms with E-state index in [0.29, 0.717) is 12.8 Å². The summed E-state index contributed by atoms with van der Waals surface area (Å²) in [5.41, 5.74) is 3.20. The molecule has 2 aliphatic carbocycles. The molecule has 220 valence electrons. The molecule has 0 saturated heterocycles. The Kier molecular flexibility index (Phi) is 11.8. The van der Waals surface area contributed by atoms with E-state index in [1.54, 1.807) is 7.11 Å². The highest BCUT2D eigenvalue weighted by atomic mass is 16.5. The van der Waals surface area contributed by atoms with Crippen LogP contribution in [0.4, 0.5) is 0 Å². The summed E-state index contributed by atoms with van der Waals surface area (Å²) in [6.07, 6.45) is 18.3. The second kappa shape index (κ2) is 13.7. The zero-order chi connectivity index (χ0) is 29.5. The fourth-order valence-electron chi connectivity index (χ4n) is 5.73. The number of hydrogen-bond donors (Lipinski definition) is 1. The number of allylic oxidation sites excluding steroid dienone is 8. The number of ketones is 2. The first kappa shape index (κ1) is 33.4. The van der Waals surface area contributed by atoms with Gasteiger partial charge in [-0.15, -0.1) is 0 Å². The lowest BCUT2D eigenvalue weighted by atomic mass is 9.76. The number of ether oxygens (including phenoxy) is 1. The Morgan fingerprint density at radius 2 is 1.00 bits per heavy atom. The van der Waals surface area contributed by atoms with Crippen molar-refractivity contribution in [2.75, 3.05) is 13.7 Å². The van der Waals surface area contributed by atoms with Crippen LogP contribution in [0.1, 0.15) is 126 Å². The SMILES string of the molecule is COC(C)(C)CCCCC1=CC(C)(C)C=C(CCCC2=CC(C)(C)C=C(CCCCC(C)(C)CO)C2=O)C1=O. The highest BCUT2D eigenvalue weighted by Crippen LogP contribution is 2.37. The zero-order valence-electron chi connectivity index (χ0n) is 26.5. The van der Waals surface area contributed by atoms with E-state index in [9.17, 15) is 14.7 Å². The van der Waals surface area contributed by atoms with Crippen LogP contribution in [0, 0.1) is 16.2 Å². The Morgan fingerprint density at radius 1 is 0.641 bits per heavy atom. The largest absolute Gasteiger partial charge is 0.396 e. The summed E-state index contributed by atoms with van der Waals surface area (Å²) in [7, 11) is 1.75. The normalized spacial score (nSPS) is 19.4. The number of unbranched alkanes of at least 4 members (excludes halogenated alkanes) is 2. The smallest absolute Gasteiger partial charge is 0.184 e. The van der Waals surface area contributed by atoms with Crippen molar-refractivity contribution in [1.29, 1.82) is 0 Å². The van der Waals surface area contributed by atoms with Crippen LogP contribution in [0.15, 0.2) is 46.6 Å². The maximum Gasteiger partial charge on any atom is 0.184 e. The van der Waals surface area contributed by atoms with Crippen molar-refractivity contribution in [2.24, 2.45) is 16.2 Å². The Labute approximate surface area is 239 Å². The van der Waals surface area contributed by atoms with Gasteiger partial charge in [0.2, 0.25) is 0 Å². The van der Waals surface area contributed by atoms with Gasteiger partial charge in [-0.1, -0.05) is 78.7 Å². The standard InChI is InChI=1S/C35H56O4/c1-32(2,25-36)19-12-10-15-26-21-33(3,4)23-28(30(26)37)17-14-18-29-24-34(5,6)22-27(31(29)38)16-11-13-20-35(7,8)39-9/h21-24,36H,10-20,25H2,1-9H3. The molecule has 0 aromatic heterocycles. The van der Waals surface area contributed by atoms with Crippen LogP contribution in [-0.2, 0) is 14.3 Å². The molecule has 2 aliphatic rings. The number of hydrogen-bond acceptors (Lipinski definition) is 4. The minimum Gasteiger partial charge on any atom is -0.396 e. The van der Waals surface area contributed by atoms with E-state index in [0.717, 1.165) is 80.1 Å². The van der Waals surface area contributed by atoms with Crippen LogP contribution in [0.5, 0.6) is 0 Å². The maximum absolute atomic E-state index is 13.3. The number of Topliss-reactive ketones (excluding diaryl/α,β-unsaturated/α-hetero) is 2. The molecule has 0 aromatic carbocycles. The average molecular weight is 541 g/mol. The second-order valence-corrected chi connectivity index (χ2v) is 14.5. The van der Waals surface area contributed by atoms with Gasteiger partial charge in [0, 0.05) is 24.5 Å². The molecule has 1 N–H and O–H groups in total. The third-order valence-electron chi connectivity index (χ3n) is 8.25. The monoisotopic (exact) mass is 540 g/mol. The predicted octanol–water partition coefficient (Wildman–Crippen LogP) is 8.64. The van der Waals surface area contributed by atoms with Crippen molar-refractivity contribution in [3.63, 3.8) is 0 Å². The Morgan fingerprint density at radius 3 is 1.36 bits per heavy atom. The van der Waals surface area contributed by atoms with Crippen molar-refractivity contribution < 1.29 is 19.4 Å². The maximum atomic E-state index is 13.3. The predicted molar refractivity (Wildman–Crippen MR) is 163 cm³/mol. The van der Waals surface area contributed by atoms with Crippen LogP contribution >= 0.6 is 0 Å². The van der Waals surface area contributed by atoms with Crippen LogP contribution in [0.3, 0.4) is 0 Å². The van der Waals surface area contributed by atoms with Crippen LogP contribution in [-0.4, -0.2) is 36.0 Å². The van der Waals surface area contributed by atoms with Gasteiger partial charge in [0.15, 0.2) is 11.6 Å². The fourth-order valence-corrected chi connectivity index (χ4v) is 5.73. The summed E-state index contributed by atoms with van der Waals surface area (Å²) < 4.78 is 5.53. The molecular formula is C35H56O4. The van der Waals surface area contributed by atoms with Crippen molar-refractivity contribution in [1.82, 2.24) is 0 Å². The lowest BCUT2D eigenvalue weighted by molar-refractivity contribution is -0.113. The van der Waals surface area contributed by atoms with Crippen LogP contribution in [0.2, 0.25) is 0 Å². The molecule has 2 rings (SSSR count). The molecule has 0 aliphatic heterocycles. The lowest BCUT2D eigenvalue weighted by Crippen LogP contribution is -2.22. The number of carbonyl (C=O) groups is 2. The number of aliphatic hydroxyl groups is 1. The molecule has 4 heteroatoms. The van der Waals surface area contributed by atoms with E-state index in [2.05, 4.69) is 79.7 Å². The third kappa shape index (κ3) is 11.0. The van der Waals surface area contributed by atoms with Crippen LogP contribution < -0.4 is 0 Å². The van der Waals surface area contributed by atoms with Gasteiger partial charge < -0.3 is 9.84 Å². The summed E-state index contributed by atoms with van der Waals surface area (Å²) in [6, 6.07) is 0. The van der Waals surface area contributed by atoms with E-state index >= 15 is 0 Å². The molecule has 0 amide bonds. The molecule has 0 spiro atoms. The topological polar surface area (TPSA) is 63.6 Å². The highest BCUT2D eigenvalue weighted by molar-refractivity contribution is 6.10. The molecule has 0 aromatic rings. The molecule has 0 atom stereocenters. The molecule has 0 unspecified atom stereocenters. The third-order valence-corrected chi connectivity index (χ3v) is 8.25. The summed E-state index contributed by atoms with van der Waals surface area (Å²) in [5, 5.41) is 9.50. The second-order valence-electron chi connectivity index (χ2n) is 14.5. The minimum atomic E-state index is -0.141. The quantitative estimate of drug-likeness (QED) is 0.199. The van der Waals surface area contributed by atoms with Gasteiger partial charge in [-0.05, 0) is 99.3 Å². The molecule has 0 fully saturated rings. The zero-order valence-corrected chi connectivity index (χ0v) is 26.5. The molecule has 39 heavy (non-hydrogen) atoms. The first-order valence-electron chi connectivity index (χ1n) is 15.1. The molecule has 4 nitrogen and oxygen atoms in total. The molecule has 0 saturated carbocycles. The van der Waals surface area contributed by atoms with Crippen molar-refractivity contribution in [3.8, 4) is 0 Å². The van der Waals surface area contributed by atoms with E-state index in [4.69, 9.17) is 4.74 Å². The summed E-state index contributed by atoms with van der Waals surface area (Å²) in [4.78, 5) is 26.7. The van der Waals surface area contributed by atoms with E-state index in [1.807, 2.05) is 0 Å². The van der Waals surface area contributed by atoms with Crippen molar-refractivity contribution in [2.45, 2.75) is 132 Å². The van der Waals surface area contributed by atoms with Crippen molar-refractivity contribution >= 4 is 11.6 Å². The van der Waals surface area contributed by atoms with Gasteiger partial charge in [0.05, 0.1) is 5.60 Å².